The Bertz CT molecular complexity index is 991. The molecule has 2 amide bonds. The molecule has 0 aromatic heterocycles. The first-order valence-electron chi connectivity index (χ1n) is 10.5. The van der Waals surface area contributed by atoms with Gasteiger partial charge in [0, 0.05) is 12.5 Å². The number of carboxylic acids is 1. The number of ether oxygens (including phenoxy) is 1. The Morgan fingerprint density at radius 3 is 2.29 bits per heavy atom. The Hall–Kier alpha value is -3.35. The summed E-state index contributed by atoms with van der Waals surface area (Å²) in [6.07, 6.45) is 0.316. The number of amides is 2. The van der Waals surface area contributed by atoms with Crippen LogP contribution in [0.25, 0.3) is 11.1 Å². The molecule has 31 heavy (non-hydrogen) atoms. The number of alkyl carbamates (subject to hydrolysis) is 1. The Morgan fingerprint density at radius 2 is 1.71 bits per heavy atom. The normalized spacial score (nSPS) is 20.6. The maximum Gasteiger partial charge on any atom is 0.407 e. The SMILES string of the molecule is C[C@@H](NC(=O)OCC1c2ccccc2-c2ccccc21)C(=O)N1CCC[C@@]1(C)C(=O)O. The lowest BCUT2D eigenvalue weighted by Gasteiger charge is -2.33. The van der Waals surface area contributed by atoms with Crippen molar-refractivity contribution in [1.29, 1.82) is 0 Å². The molecular weight excluding hydrogens is 396 g/mol. The van der Waals surface area contributed by atoms with Gasteiger partial charge in [0.05, 0.1) is 0 Å². The van der Waals surface area contributed by atoms with Crippen molar-refractivity contribution >= 4 is 18.0 Å². The van der Waals surface area contributed by atoms with Gasteiger partial charge in [0.15, 0.2) is 0 Å². The van der Waals surface area contributed by atoms with Crippen molar-refractivity contribution in [2.24, 2.45) is 0 Å². The van der Waals surface area contributed by atoms with Crippen LogP contribution in [0, 0.1) is 0 Å². The average Bonchev–Trinajstić information content (AvgIpc) is 3.31. The first-order valence-corrected chi connectivity index (χ1v) is 10.5. The number of hydrogen-bond acceptors (Lipinski definition) is 4. The summed E-state index contributed by atoms with van der Waals surface area (Å²) in [5.41, 5.74) is 3.24. The first-order chi connectivity index (χ1) is 14.8. The van der Waals surface area contributed by atoms with Crippen LogP contribution in [0.15, 0.2) is 48.5 Å². The van der Waals surface area contributed by atoms with E-state index < -0.39 is 29.6 Å². The molecule has 1 heterocycles. The number of rotatable bonds is 5. The molecule has 1 aliphatic carbocycles. The number of carboxylic acid groups (broad SMARTS) is 1. The van der Waals surface area contributed by atoms with Crippen LogP contribution in [0.3, 0.4) is 0 Å². The van der Waals surface area contributed by atoms with Gasteiger partial charge >= 0.3 is 12.1 Å². The summed E-state index contributed by atoms with van der Waals surface area (Å²) in [4.78, 5) is 38.2. The Balaban J connectivity index is 1.40. The fourth-order valence-corrected chi connectivity index (χ4v) is 4.65. The standard InChI is InChI=1S/C24H26N2O5/c1-15(21(27)26-13-7-12-24(26,2)22(28)29)25-23(30)31-14-20-18-10-5-3-8-16(18)17-9-4-6-11-19(17)20/h3-6,8-11,15,20H,7,12-14H2,1-2H3,(H,25,30)(H,28,29)/t15-,24+/m1/s1. The zero-order valence-electron chi connectivity index (χ0n) is 17.6. The van der Waals surface area contributed by atoms with Gasteiger partial charge in [0.2, 0.25) is 5.91 Å². The van der Waals surface area contributed by atoms with E-state index in [1.165, 1.54) is 4.90 Å². The highest BCUT2D eigenvalue weighted by Gasteiger charge is 2.47. The zero-order chi connectivity index (χ0) is 22.2. The van der Waals surface area contributed by atoms with E-state index in [4.69, 9.17) is 4.74 Å². The van der Waals surface area contributed by atoms with Crippen LogP contribution >= 0.6 is 0 Å². The molecule has 2 aliphatic rings. The molecule has 162 valence electrons. The van der Waals surface area contributed by atoms with Crippen molar-refractivity contribution in [3.8, 4) is 11.1 Å². The van der Waals surface area contributed by atoms with Crippen molar-refractivity contribution in [2.75, 3.05) is 13.2 Å². The number of benzene rings is 2. The number of nitrogens with zero attached hydrogens (tertiary/aromatic N) is 1. The molecule has 7 nitrogen and oxygen atoms in total. The molecular formula is C24H26N2O5. The third kappa shape index (κ3) is 3.65. The molecule has 0 bridgehead atoms. The Morgan fingerprint density at radius 1 is 1.13 bits per heavy atom. The number of nitrogens with one attached hydrogen (secondary N) is 1. The minimum atomic E-state index is -1.24. The molecule has 2 aromatic rings. The molecule has 2 aromatic carbocycles. The van der Waals surface area contributed by atoms with Gasteiger partial charge in [-0.2, -0.15) is 0 Å². The summed E-state index contributed by atoms with van der Waals surface area (Å²) in [5, 5.41) is 12.1. The van der Waals surface area contributed by atoms with Crippen molar-refractivity contribution in [3.05, 3.63) is 59.7 Å². The van der Waals surface area contributed by atoms with E-state index in [2.05, 4.69) is 17.4 Å². The summed E-state index contributed by atoms with van der Waals surface area (Å²) in [6, 6.07) is 15.2. The number of fused-ring (bicyclic) bond motifs is 3. The molecule has 0 spiro atoms. The second-order valence-corrected chi connectivity index (χ2v) is 8.36. The summed E-state index contributed by atoms with van der Waals surface area (Å²) in [7, 11) is 0. The minimum Gasteiger partial charge on any atom is -0.480 e. The number of likely N-dealkylation sites (tertiary alicyclic amines) is 1. The highest BCUT2D eigenvalue weighted by Crippen LogP contribution is 2.44. The van der Waals surface area contributed by atoms with Crippen molar-refractivity contribution < 1.29 is 24.2 Å². The molecule has 1 fully saturated rings. The summed E-state index contributed by atoms with van der Waals surface area (Å²) in [6.45, 7) is 3.60. The lowest BCUT2D eigenvalue weighted by atomic mass is 9.98. The van der Waals surface area contributed by atoms with Crippen LogP contribution in [0.1, 0.15) is 43.7 Å². The topological polar surface area (TPSA) is 95.9 Å². The predicted octanol–water partition coefficient (Wildman–Crippen LogP) is 3.38. The highest BCUT2D eigenvalue weighted by molar-refractivity contribution is 5.91. The fourth-order valence-electron chi connectivity index (χ4n) is 4.65. The first kappa shape index (κ1) is 20.9. The van der Waals surface area contributed by atoms with Gasteiger partial charge in [0.25, 0.3) is 0 Å². The largest absolute Gasteiger partial charge is 0.480 e. The third-order valence-electron chi connectivity index (χ3n) is 6.42. The predicted molar refractivity (Wildman–Crippen MR) is 115 cm³/mol. The molecule has 0 saturated carbocycles. The van der Waals surface area contributed by atoms with Crippen LogP contribution < -0.4 is 5.32 Å². The van der Waals surface area contributed by atoms with Crippen LogP contribution in [0.4, 0.5) is 4.79 Å². The van der Waals surface area contributed by atoms with Gasteiger partial charge in [-0.15, -0.1) is 0 Å². The molecule has 1 saturated heterocycles. The van der Waals surface area contributed by atoms with Crippen molar-refractivity contribution in [2.45, 2.75) is 44.2 Å². The molecule has 4 rings (SSSR count). The summed E-state index contributed by atoms with van der Waals surface area (Å²) < 4.78 is 5.49. The van der Waals surface area contributed by atoms with Crippen LogP contribution in [-0.4, -0.2) is 52.7 Å². The zero-order valence-corrected chi connectivity index (χ0v) is 17.6. The minimum absolute atomic E-state index is 0.0713. The van der Waals surface area contributed by atoms with Gasteiger partial charge in [0.1, 0.15) is 18.2 Å². The van der Waals surface area contributed by atoms with Gasteiger partial charge in [-0.3, -0.25) is 4.79 Å². The second-order valence-electron chi connectivity index (χ2n) is 8.36. The van der Waals surface area contributed by atoms with Crippen molar-refractivity contribution in [3.63, 3.8) is 0 Å². The van der Waals surface area contributed by atoms with E-state index in [-0.39, 0.29) is 12.5 Å². The quantitative estimate of drug-likeness (QED) is 0.770. The molecule has 0 unspecified atom stereocenters. The smallest absolute Gasteiger partial charge is 0.407 e. The van der Waals surface area contributed by atoms with E-state index >= 15 is 0 Å². The highest BCUT2D eigenvalue weighted by atomic mass is 16.5. The van der Waals surface area contributed by atoms with E-state index in [0.717, 1.165) is 22.3 Å². The maximum absolute atomic E-state index is 12.8. The van der Waals surface area contributed by atoms with Crippen LogP contribution in [0.2, 0.25) is 0 Å². The lowest BCUT2D eigenvalue weighted by Crippen LogP contribution is -2.56. The third-order valence-corrected chi connectivity index (χ3v) is 6.42. The van der Waals surface area contributed by atoms with Gasteiger partial charge < -0.3 is 20.1 Å². The van der Waals surface area contributed by atoms with Gasteiger partial charge in [-0.1, -0.05) is 48.5 Å². The van der Waals surface area contributed by atoms with E-state index in [1.807, 2.05) is 36.4 Å². The van der Waals surface area contributed by atoms with Crippen LogP contribution in [-0.2, 0) is 14.3 Å². The lowest BCUT2D eigenvalue weighted by molar-refractivity contribution is -0.155. The van der Waals surface area contributed by atoms with Crippen LogP contribution in [0.5, 0.6) is 0 Å². The van der Waals surface area contributed by atoms with Crippen molar-refractivity contribution in [1.82, 2.24) is 10.2 Å². The molecule has 1 aliphatic heterocycles. The van der Waals surface area contributed by atoms with Gasteiger partial charge in [-0.05, 0) is 48.9 Å². The summed E-state index contributed by atoms with van der Waals surface area (Å²) >= 11 is 0. The maximum atomic E-state index is 12.8. The second kappa shape index (κ2) is 8.06. The van der Waals surface area contributed by atoms with E-state index in [9.17, 15) is 19.5 Å². The molecule has 7 heteroatoms. The number of aliphatic carboxylic acids is 1. The Labute approximate surface area is 181 Å². The fraction of sp³-hybridized carbons (Fsp3) is 0.375. The monoisotopic (exact) mass is 422 g/mol. The Kier molecular flexibility index (Phi) is 5.43. The molecule has 2 atom stereocenters. The molecule has 2 N–H and O–H groups in total. The van der Waals surface area contributed by atoms with E-state index in [1.54, 1.807) is 13.8 Å². The average molecular weight is 422 g/mol. The van der Waals surface area contributed by atoms with Gasteiger partial charge in [-0.25, -0.2) is 9.59 Å². The van der Waals surface area contributed by atoms with E-state index in [0.29, 0.717) is 19.4 Å². The number of carbonyl (C=O) groups is 3. The summed E-state index contributed by atoms with van der Waals surface area (Å²) in [5.74, 6) is -1.53. The number of carbonyl (C=O) groups excluding carboxylic acids is 2. The number of hydrogen-bond donors (Lipinski definition) is 2. The molecule has 0 radical (unpaired) electrons.